The summed E-state index contributed by atoms with van der Waals surface area (Å²) in [6.45, 7) is 6.08. The van der Waals surface area contributed by atoms with Crippen molar-refractivity contribution in [1.29, 1.82) is 0 Å². The molecule has 0 bridgehead atoms. The zero-order valence-corrected chi connectivity index (χ0v) is 14.1. The fourth-order valence-electron chi connectivity index (χ4n) is 3.05. The molecule has 1 heterocycles. The Morgan fingerprint density at radius 3 is 2.30 bits per heavy atom. The Balaban J connectivity index is 1.89. The van der Waals surface area contributed by atoms with Crippen molar-refractivity contribution < 1.29 is 14.0 Å². The van der Waals surface area contributed by atoms with Crippen LogP contribution in [0.25, 0.3) is 0 Å². The maximum Gasteiger partial charge on any atom is 0.253 e. The number of hydrogen-bond acceptors (Lipinski definition) is 2. The topological polar surface area (TPSA) is 40.6 Å². The minimum atomic E-state index is -0.348. The second-order valence-corrected chi connectivity index (χ2v) is 6.69. The van der Waals surface area contributed by atoms with Crippen molar-refractivity contribution in [3.63, 3.8) is 0 Å². The second-order valence-electron chi connectivity index (χ2n) is 6.69. The molecule has 5 heteroatoms. The van der Waals surface area contributed by atoms with Gasteiger partial charge in [0.25, 0.3) is 5.91 Å². The third-order valence-electron chi connectivity index (χ3n) is 4.24. The average Bonchev–Trinajstić information content (AvgIpc) is 2.53. The maximum absolute atomic E-state index is 12.9. The van der Waals surface area contributed by atoms with Gasteiger partial charge in [-0.25, -0.2) is 4.39 Å². The maximum atomic E-state index is 12.9. The molecule has 0 N–H and O–H groups in total. The molecule has 1 fully saturated rings. The lowest BCUT2D eigenvalue weighted by Gasteiger charge is -2.33. The smallest absolute Gasteiger partial charge is 0.253 e. The highest BCUT2D eigenvalue weighted by Crippen LogP contribution is 2.21. The summed E-state index contributed by atoms with van der Waals surface area (Å²) in [4.78, 5) is 28.3. The molecule has 0 radical (unpaired) electrons. The van der Waals surface area contributed by atoms with Gasteiger partial charge in [0.05, 0.1) is 0 Å². The number of benzene rings is 1. The quantitative estimate of drug-likeness (QED) is 0.856. The van der Waals surface area contributed by atoms with E-state index in [9.17, 15) is 14.0 Å². The van der Waals surface area contributed by atoms with Crippen molar-refractivity contribution in [2.45, 2.75) is 26.7 Å². The first-order chi connectivity index (χ1) is 10.9. The molecule has 1 aromatic carbocycles. The van der Waals surface area contributed by atoms with Gasteiger partial charge in [-0.1, -0.05) is 13.8 Å². The molecular formula is C18H25FN2O2. The SMILES string of the molecule is CC(C)CN(C)C(=O)C1CCN(C(=O)c2ccc(F)cc2)CC1. The third-order valence-corrected chi connectivity index (χ3v) is 4.24. The van der Waals surface area contributed by atoms with Crippen LogP contribution in [0.1, 0.15) is 37.0 Å². The number of likely N-dealkylation sites (tertiary alicyclic amines) is 1. The van der Waals surface area contributed by atoms with Crippen LogP contribution in [0.15, 0.2) is 24.3 Å². The zero-order valence-electron chi connectivity index (χ0n) is 14.1. The summed E-state index contributed by atoms with van der Waals surface area (Å²) in [5.41, 5.74) is 0.494. The van der Waals surface area contributed by atoms with Gasteiger partial charge in [0, 0.05) is 38.2 Å². The zero-order chi connectivity index (χ0) is 17.0. The summed E-state index contributed by atoms with van der Waals surface area (Å²) >= 11 is 0. The summed E-state index contributed by atoms with van der Waals surface area (Å²) in [7, 11) is 1.85. The number of piperidine rings is 1. The van der Waals surface area contributed by atoms with Crippen LogP contribution in [0.4, 0.5) is 4.39 Å². The van der Waals surface area contributed by atoms with E-state index in [2.05, 4.69) is 13.8 Å². The predicted molar refractivity (Wildman–Crippen MR) is 87.5 cm³/mol. The van der Waals surface area contributed by atoms with Gasteiger partial charge in [-0.05, 0) is 43.0 Å². The summed E-state index contributed by atoms with van der Waals surface area (Å²) in [5.74, 6) is 0.179. The molecule has 0 aliphatic carbocycles. The molecule has 1 aliphatic heterocycles. The van der Waals surface area contributed by atoms with E-state index >= 15 is 0 Å². The Bertz CT molecular complexity index is 549. The van der Waals surface area contributed by atoms with Gasteiger partial charge in [-0.15, -0.1) is 0 Å². The van der Waals surface area contributed by atoms with Crippen molar-refractivity contribution in [3.8, 4) is 0 Å². The first-order valence-corrected chi connectivity index (χ1v) is 8.18. The summed E-state index contributed by atoms with van der Waals surface area (Å²) < 4.78 is 12.9. The minimum absolute atomic E-state index is 0.00369. The number of carbonyl (C=O) groups is 2. The molecule has 0 saturated carbocycles. The Morgan fingerprint density at radius 1 is 1.22 bits per heavy atom. The van der Waals surface area contributed by atoms with Crippen LogP contribution in [0, 0.1) is 17.7 Å². The Morgan fingerprint density at radius 2 is 1.78 bits per heavy atom. The predicted octanol–water partition coefficient (Wildman–Crippen LogP) is 2.79. The number of nitrogens with zero attached hydrogens (tertiary/aromatic N) is 2. The van der Waals surface area contributed by atoms with Crippen molar-refractivity contribution in [1.82, 2.24) is 9.80 Å². The van der Waals surface area contributed by atoms with Crippen molar-refractivity contribution in [2.75, 3.05) is 26.7 Å². The lowest BCUT2D eigenvalue weighted by Crippen LogP contribution is -2.44. The van der Waals surface area contributed by atoms with E-state index in [1.165, 1.54) is 24.3 Å². The Hall–Kier alpha value is -1.91. The molecule has 0 aromatic heterocycles. The van der Waals surface area contributed by atoms with E-state index in [4.69, 9.17) is 0 Å². The normalized spacial score (nSPS) is 15.8. The molecule has 0 unspecified atom stereocenters. The van der Waals surface area contributed by atoms with E-state index in [0.717, 1.165) is 6.54 Å². The fraction of sp³-hybridized carbons (Fsp3) is 0.556. The number of amides is 2. The second kappa shape index (κ2) is 7.57. The monoisotopic (exact) mass is 320 g/mol. The van der Waals surface area contributed by atoms with Gasteiger partial charge in [0.15, 0.2) is 0 Å². The number of hydrogen-bond donors (Lipinski definition) is 0. The van der Waals surface area contributed by atoms with Crippen LogP contribution >= 0.6 is 0 Å². The van der Waals surface area contributed by atoms with Gasteiger partial charge in [-0.2, -0.15) is 0 Å². The number of rotatable bonds is 4. The lowest BCUT2D eigenvalue weighted by atomic mass is 9.94. The van der Waals surface area contributed by atoms with Crippen molar-refractivity contribution >= 4 is 11.8 Å². The molecular weight excluding hydrogens is 295 g/mol. The highest BCUT2D eigenvalue weighted by molar-refractivity contribution is 5.94. The Labute approximate surface area is 137 Å². The minimum Gasteiger partial charge on any atom is -0.345 e. The van der Waals surface area contributed by atoms with Gasteiger partial charge >= 0.3 is 0 Å². The third kappa shape index (κ3) is 4.53. The molecule has 1 aromatic rings. The van der Waals surface area contributed by atoms with Crippen molar-refractivity contribution in [3.05, 3.63) is 35.6 Å². The van der Waals surface area contributed by atoms with Crippen LogP contribution < -0.4 is 0 Å². The molecule has 0 spiro atoms. The summed E-state index contributed by atoms with van der Waals surface area (Å²) in [6.07, 6.45) is 1.38. The molecule has 23 heavy (non-hydrogen) atoms. The van der Waals surface area contributed by atoms with E-state index in [1.807, 2.05) is 7.05 Å². The highest BCUT2D eigenvalue weighted by Gasteiger charge is 2.29. The standard InChI is InChI=1S/C18H25FN2O2/c1-13(2)12-20(3)17(22)15-8-10-21(11-9-15)18(23)14-4-6-16(19)7-5-14/h4-7,13,15H,8-12H2,1-3H3. The first kappa shape index (κ1) is 17.4. The highest BCUT2D eigenvalue weighted by atomic mass is 19.1. The molecule has 4 nitrogen and oxygen atoms in total. The molecule has 2 amide bonds. The van der Waals surface area contributed by atoms with Gasteiger partial charge in [-0.3, -0.25) is 9.59 Å². The van der Waals surface area contributed by atoms with Crippen LogP contribution in [0.3, 0.4) is 0 Å². The van der Waals surface area contributed by atoms with E-state index < -0.39 is 0 Å². The summed E-state index contributed by atoms with van der Waals surface area (Å²) in [6, 6.07) is 5.60. The van der Waals surface area contributed by atoms with Crippen molar-refractivity contribution in [2.24, 2.45) is 11.8 Å². The molecule has 1 saturated heterocycles. The van der Waals surface area contributed by atoms with E-state index in [0.29, 0.717) is 37.4 Å². The van der Waals surface area contributed by atoms with Gasteiger partial charge in [0.1, 0.15) is 5.82 Å². The number of halogens is 1. The first-order valence-electron chi connectivity index (χ1n) is 8.18. The van der Waals surface area contributed by atoms with E-state index in [1.54, 1.807) is 9.80 Å². The Kier molecular flexibility index (Phi) is 5.74. The largest absolute Gasteiger partial charge is 0.345 e. The van der Waals surface area contributed by atoms with Crippen LogP contribution in [0.5, 0.6) is 0 Å². The molecule has 2 rings (SSSR count). The molecule has 126 valence electrons. The van der Waals surface area contributed by atoms with Crippen LogP contribution in [-0.2, 0) is 4.79 Å². The lowest BCUT2D eigenvalue weighted by molar-refractivity contribution is -0.136. The fourth-order valence-corrected chi connectivity index (χ4v) is 3.05. The van der Waals surface area contributed by atoms with Gasteiger partial charge < -0.3 is 9.80 Å². The van der Waals surface area contributed by atoms with Crippen LogP contribution in [0.2, 0.25) is 0 Å². The number of carbonyl (C=O) groups excluding carboxylic acids is 2. The summed E-state index contributed by atoms with van der Waals surface area (Å²) in [5, 5.41) is 0. The van der Waals surface area contributed by atoms with Crippen LogP contribution in [-0.4, -0.2) is 48.3 Å². The van der Waals surface area contributed by atoms with Gasteiger partial charge in [0.2, 0.25) is 5.91 Å². The molecule has 0 atom stereocenters. The average molecular weight is 320 g/mol. The van der Waals surface area contributed by atoms with E-state index in [-0.39, 0.29) is 23.5 Å². The molecule has 1 aliphatic rings.